The largest absolute Gasteiger partial charge is 0.508 e. The normalized spacial score (nSPS) is 10.6. The van der Waals surface area contributed by atoms with E-state index in [1.54, 1.807) is 13.2 Å². The zero-order chi connectivity index (χ0) is 11.6. The van der Waals surface area contributed by atoms with Gasteiger partial charge in [-0.05, 0) is 31.9 Å². The predicted molar refractivity (Wildman–Crippen MR) is 65.5 cm³/mol. The summed E-state index contributed by atoms with van der Waals surface area (Å²) in [4.78, 5) is 0. The zero-order valence-corrected chi connectivity index (χ0v) is 9.91. The Morgan fingerprint density at radius 2 is 2.00 bits per heavy atom. The van der Waals surface area contributed by atoms with Gasteiger partial charge in [-0.15, -0.1) is 0 Å². The number of phenolic OH excluding ortho intramolecular Hbond substituents is 1. The van der Waals surface area contributed by atoms with Gasteiger partial charge in [-0.25, -0.2) is 0 Å². The van der Waals surface area contributed by atoms with Crippen molar-refractivity contribution in [1.82, 2.24) is 5.32 Å². The molecule has 0 fully saturated rings. The Balaban J connectivity index is 2.05. The van der Waals surface area contributed by atoms with Gasteiger partial charge in [0, 0.05) is 25.8 Å². The highest BCUT2D eigenvalue weighted by atomic mass is 16.5. The molecular formula is C13H21NO2. The number of unbranched alkanes of at least 4 members (excludes halogenated alkanes) is 2. The molecule has 0 saturated carbocycles. The molecule has 0 heterocycles. The number of methoxy groups -OCH3 is 1. The molecule has 1 rings (SSSR count). The molecular weight excluding hydrogens is 202 g/mol. The fourth-order valence-corrected chi connectivity index (χ4v) is 1.56. The van der Waals surface area contributed by atoms with Gasteiger partial charge in [-0.1, -0.05) is 18.2 Å². The van der Waals surface area contributed by atoms with Crippen LogP contribution in [-0.4, -0.2) is 25.4 Å². The van der Waals surface area contributed by atoms with E-state index in [1.165, 1.54) is 6.42 Å². The smallest absolute Gasteiger partial charge is 0.120 e. The third-order valence-electron chi connectivity index (χ3n) is 2.51. The van der Waals surface area contributed by atoms with Gasteiger partial charge in [0.25, 0.3) is 0 Å². The minimum absolute atomic E-state index is 0.370. The Morgan fingerprint density at radius 1 is 1.19 bits per heavy atom. The highest BCUT2D eigenvalue weighted by Crippen LogP contribution is 2.14. The molecule has 0 amide bonds. The Morgan fingerprint density at radius 3 is 2.75 bits per heavy atom. The van der Waals surface area contributed by atoms with Crippen LogP contribution in [0.25, 0.3) is 0 Å². The highest BCUT2D eigenvalue weighted by molar-refractivity contribution is 5.31. The molecule has 1 aromatic carbocycles. The van der Waals surface area contributed by atoms with E-state index >= 15 is 0 Å². The van der Waals surface area contributed by atoms with Gasteiger partial charge in [0.05, 0.1) is 0 Å². The van der Waals surface area contributed by atoms with Crippen molar-refractivity contribution in [2.45, 2.75) is 25.8 Å². The molecule has 0 spiro atoms. The van der Waals surface area contributed by atoms with E-state index in [1.807, 2.05) is 18.2 Å². The Labute approximate surface area is 97.4 Å². The van der Waals surface area contributed by atoms with Crippen LogP contribution in [0.2, 0.25) is 0 Å². The molecule has 3 nitrogen and oxygen atoms in total. The Hall–Kier alpha value is -1.06. The predicted octanol–water partition coefficient (Wildman–Crippen LogP) is 2.30. The molecule has 0 aromatic heterocycles. The van der Waals surface area contributed by atoms with Gasteiger partial charge >= 0.3 is 0 Å². The molecule has 0 aliphatic heterocycles. The second-order valence-corrected chi connectivity index (χ2v) is 3.86. The lowest BCUT2D eigenvalue weighted by molar-refractivity contribution is 0.192. The number of benzene rings is 1. The van der Waals surface area contributed by atoms with Crippen molar-refractivity contribution in [3.63, 3.8) is 0 Å². The number of aromatic hydroxyl groups is 1. The average molecular weight is 223 g/mol. The van der Waals surface area contributed by atoms with Crippen molar-refractivity contribution in [3.8, 4) is 5.75 Å². The van der Waals surface area contributed by atoms with Gasteiger partial charge < -0.3 is 15.2 Å². The van der Waals surface area contributed by atoms with E-state index in [-0.39, 0.29) is 0 Å². The van der Waals surface area contributed by atoms with Crippen LogP contribution in [0.4, 0.5) is 0 Å². The third-order valence-corrected chi connectivity index (χ3v) is 2.51. The first-order chi connectivity index (χ1) is 7.84. The maximum Gasteiger partial charge on any atom is 0.120 e. The standard InChI is InChI=1S/C13H21NO2/c1-16-10-6-2-5-9-14-11-12-7-3-4-8-13(12)15/h3-4,7-8,14-15H,2,5-6,9-11H2,1H3. The molecule has 90 valence electrons. The monoisotopic (exact) mass is 223 g/mol. The first-order valence-electron chi connectivity index (χ1n) is 5.81. The molecule has 0 bridgehead atoms. The molecule has 2 N–H and O–H groups in total. The van der Waals surface area contributed by atoms with Gasteiger partial charge in [-0.3, -0.25) is 0 Å². The summed E-state index contributed by atoms with van der Waals surface area (Å²) in [7, 11) is 1.73. The molecule has 0 aliphatic carbocycles. The Kier molecular flexibility index (Phi) is 6.61. The summed E-state index contributed by atoms with van der Waals surface area (Å²) in [5, 5.41) is 12.8. The van der Waals surface area contributed by atoms with Crippen molar-refractivity contribution >= 4 is 0 Å². The van der Waals surface area contributed by atoms with Crippen LogP contribution in [-0.2, 0) is 11.3 Å². The average Bonchev–Trinajstić information content (AvgIpc) is 2.30. The lowest BCUT2D eigenvalue weighted by Crippen LogP contribution is -2.14. The minimum Gasteiger partial charge on any atom is -0.508 e. The van der Waals surface area contributed by atoms with E-state index in [0.717, 1.165) is 38.1 Å². The topological polar surface area (TPSA) is 41.5 Å². The van der Waals surface area contributed by atoms with Crippen LogP contribution in [0.15, 0.2) is 24.3 Å². The number of nitrogens with one attached hydrogen (secondary N) is 1. The zero-order valence-electron chi connectivity index (χ0n) is 9.91. The lowest BCUT2D eigenvalue weighted by atomic mass is 10.2. The van der Waals surface area contributed by atoms with Gasteiger partial charge in [0.2, 0.25) is 0 Å². The molecule has 0 unspecified atom stereocenters. The number of ether oxygens (including phenoxy) is 1. The van der Waals surface area contributed by atoms with Crippen LogP contribution in [0.1, 0.15) is 24.8 Å². The number of phenols is 1. The summed E-state index contributed by atoms with van der Waals surface area (Å²) in [5.74, 6) is 0.370. The van der Waals surface area contributed by atoms with Crippen molar-refractivity contribution < 1.29 is 9.84 Å². The van der Waals surface area contributed by atoms with E-state index in [2.05, 4.69) is 5.32 Å². The summed E-state index contributed by atoms with van der Waals surface area (Å²) >= 11 is 0. The van der Waals surface area contributed by atoms with Crippen molar-refractivity contribution in [2.24, 2.45) is 0 Å². The fourth-order valence-electron chi connectivity index (χ4n) is 1.56. The van der Waals surface area contributed by atoms with Crippen LogP contribution in [0, 0.1) is 0 Å². The van der Waals surface area contributed by atoms with Crippen LogP contribution in [0.5, 0.6) is 5.75 Å². The van der Waals surface area contributed by atoms with Gasteiger partial charge in [0.1, 0.15) is 5.75 Å². The van der Waals surface area contributed by atoms with E-state index in [9.17, 15) is 5.11 Å². The summed E-state index contributed by atoms with van der Waals surface area (Å²) < 4.78 is 4.98. The summed E-state index contributed by atoms with van der Waals surface area (Å²) in [6.07, 6.45) is 3.45. The van der Waals surface area contributed by atoms with E-state index < -0.39 is 0 Å². The second kappa shape index (κ2) is 8.13. The lowest BCUT2D eigenvalue weighted by Gasteiger charge is -2.06. The molecule has 0 saturated heterocycles. The summed E-state index contributed by atoms with van der Waals surface area (Å²) in [6.45, 7) is 2.56. The van der Waals surface area contributed by atoms with Crippen LogP contribution < -0.4 is 5.32 Å². The number of hydrogen-bond donors (Lipinski definition) is 2. The van der Waals surface area contributed by atoms with Crippen molar-refractivity contribution in [1.29, 1.82) is 0 Å². The van der Waals surface area contributed by atoms with E-state index in [0.29, 0.717) is 5.75 Å². The summed E-state index contributed by atoms with van der Waals surface area (Å²) in [6, 6.07) is 7.43. The third kappa shape index (κ3) is 5.14. The van der Waals surface area contributed by atoms with Crippen LogP contribution >= 0.6 is 0 Å². The maximum atomic E-state index is 9.53. The van der Waals surface area contributed by atoms with Gasteiger partial charge in [-0.2, -0.15) is 0 Å². The van der Waals surface area contributed by atoms with E-state index in [4.69, 9.17) is 4.74 Å². The molecule has 16 heavy (non-hydrogen) atoms. The first kappa shape index (κ1) is 13.0. The summed E-state index contributed by atoms with van der Waals surface area (Å²) in [5.41, 5.74) is 0.958. The molecule has 1 aromatic rings. The highest BCUT2D eigenvalue weighted by Gasteiger charge is 1.97. The van der Waals surface area contributed by atoms with Gasteiger partial charge in [0.15, 0.2) is 0 Å². The number of rotatable bonds is 8. The molecule has 0 radical (unpaired) electrons. The quantitative estimate of drug-likeness (QED) is 0.664. The van der Waals surface area contributed by atoms with Crippen molar-refractivity contribution in [3.05, 3.63) is 29.8 Å². The van der Waals surface area contributed by atoms with Crippen molar-refractivity contribution in [2.75, 3.05) is 20.3 Å². The maximum absolute atomic E-state index is 9.53. The number of hydrogen-bond acceptors (Lipinski definition) is 3. The minimum atomic E-state index is 0.370. The fraction of sp³-hybridized carbons (Fsp3) is 0.538. The molecule has 0 atom stereocenters. The molecule has 3 heteroatoms. The first-order valence-corrected chi connectivity index (χ1v) is 5.81. The Bertz CT molecular complexity index is 289. The van der Waals surface area contributed by atoms with Crippen LogP contribution in [0.3, 0.4) is 0 Å². The SMILES string of the molecule is COCCCCCNCc1ccccc1O. The molecule has 0 aliphatic rings. The number of para-hydroxylation sites is 1. The second-order valence-electron chi connectivity index (χ2n) is 3.86.